The Morgan fingerprint density at radius 1 is 1.07 bits per heavy atom. The quantitative estimate of drug-likeness (QED) is 0.661. The number of carbonyl (C=O) groups excluding carboxylic acids is 1. The lowest BCUT2D eigenvalue weighted by molar-refractivity contribution is 0.102. The highest BCUT2D eigenvalue weighted by molar-refractivity contribution is 7.92. The zero-order chi connectivity index (χ0) is 20.3. The first-order valence-corrected chi connectivity index (χ1v) is 10.8. The van der Waals surface area contributed by atoms with Crippen LogP contribution < -0.4 is 9.62 Å². The molecule has 0 fully saturated rings. The lowest BCUT2D eigenvalue weighted by atomic mass is 10.2. The molecule has 0 radical (unpaired) electrons. The number of rotatable bonds is 6. The molecule has 3 rings (SSSR count). The van der Waals surface area contributed by atoms with Crippen molar-refractivity contribution in [2.24, 2.45) is 0 Å². The van der Waals surface area contributed by atoms with E-state index in [1.54, 1.807) is 36.4 Å². The molecule has 7 nitrogen and oxygen atoms in total. The van der Waals surface area contributed by atoms with Crippen molar-refractivity contribution in [1.82, 2.24) is 10.2 Å². The van der Waals surface area contributed by atoms with Crippen molar-refractivity contribution >= 4 is 38.1 Å². The third-order valence-corrected chi connectivity index (χ3v) is 6.95. The van der Waals surface area contributed by atoms with Gasteiger partial charge in [0, 0.05) is 18.5 Å². The molecule has 0 saturated carbocycles. The Labute approximate surface area is 168 Å². The van der Waals surface area contributed by atoms with Gasteiger partial charge in [-0.15, -0.1) is 10.2 Å². The van der Waals surface area contributed by atoms with E-state index in [2.05, 4.69) is 15.5 Å². The molecule has 9 heteroatoms. The van der Waals surface area contributed by atoms with Crippen LogP contribution in [0.5, 0.6) is 0 Å². The molecule has 0 aliphatic carbocycles. The summed E-state index contributed by atoms with van der Waals surface area (Å²) in [6.45, 7) is 3.98. The Bertz CT molecular complexity index is 1080. The van der Waals surface area contributed by atoms with Gasteiger partial charge in [0.1, 0.15) is 5.01 Å². The summed E-state index contributed by atoms with van der Waals surface area (Å²) in [5, 5.41) is 11.8. The number of para-hydroxylation sites is 1. The lowest BCUT2D eigenvalue weighted by Gasteiger charge is -2.19. The third kappa shape index (κ3) is 4.20. The van der Waals surface area contributed by atoms with E-state index in [0.717, 1.165) is 5.01 Å². The van der Waals surface area contributed by atoms with Crippen molar-refractivity contribution in [2.45, 2.75) is 24.7 Å². The largest absolute Gasteiger partial charge is 0.296 e. The molecule has 0 saturated heterocycles. The Balaban J connectivity index is 1.83. The van der Waals surface area contributed by atoms with Gasteiger partial charge in [-0.25, -0.2) is 8.42 Å². The summed E-state index contributed by atoms with van der Waals surface area (Å²) in [5.41, 5.74) is 0.760. The highest BCUT2D eigenvalue weighted by Crippen LogP contribution is 2.24. The normalized spacial score (nSPS) is 11.4. The fourth-order valence-electron chi connectivity index (χ4n) is 2.42. The number of sulfonamides is 1. The maximum atomic E-state index is 12.9. The molecule has 0 atom stereocenters. The average molecular weight is 417 g/mol. The monoisotopic (exact) mass is 416 g/mol. The Hall–Kier alpha value is -2.78. The minimum atomic E-state index is -3.80. The van der Waals surface area contributed by atoms with Crippen molar-refractivity contribution in [1.29, 1.82) is 0 Å². The number of hydrogen-bond acceptors (Lipinski definition) is 6. The molecule has 0 unspecified atom stereocenters. The van der Waals surface area contributed by atoms with E-state index in [9.17, 15) is 13.2 Å². The molecule has 1 heterocycles. The highest BCUT2D eigenvalue weighted by atomic mass is 32.2. The number of nitrogens with zero attached hydrogens (tertiary/aromatic N) is 3. The predicted molar refractivity (Wildman–Crippen MR) is 110 cm³/mol. The van der Waals surface area contributed by atoms with Gasteiger partial charge in [-0.2, -0.15) is 0 Å². The van der Waals surface area contributed by atoms with Gasteiger partial charge < -0.3 is 0 Å². The van der Waals surface area contributed by atoms with Crippen molar-refractivity contribution in [2.75, 3.05) is 16.7 Å². The topological polar surface area (TPSA) is 92.3 Å². The molecule has 1 aromatic heterocycles. The standard InChI is InChI=1S/C19H20N4O3S2/c1-13(2)18-21-22-19(27-18)20-17(24)14-8-7-11-16(12-14)28(25,26)23(3)15-9-5-4-6-10-15/h4-13H,1-3H3,(H,20,22,24). The van der Waals surface area contributed by atoms with Gasteiger partial charge in [0.15, 0.2) is 0 Å². The number of amides is 1. The van der Waals surface area contributed by atoms with Gasteiger partial charge in [0.25, 0.3) is 15.9 Å². The molecular formula is C19H20N4O3S2. The van der Waals surface area contributed by atoms with Crippen LogP contribution in [-0.4, -0.2) is 31.6 Å². The van der Waals surface area contributed by atoms with Crippen molar-refractivity contribution < 1.29 is 13.2 Å². The maximum Gasteiger partial charge on any atom is 0.264 e. The molecule has 0 spiro atoms. The number of hydrogen-bond donors (Lipinski definition) is 1. The number of anilines is 2. The molecule has 146 valence electrons. The van der Waals surface area contributed by atoms with Crippen LogP contribution in [0.1, 0.15) is 35.1 Å². The highest BCUT2D eigenvalue weighted by Gasteiger charge is 2.22. The maximum absolute atomic E-state index is 12.9. The van der Waals surface area contributed by atoms with Gasteiger partial charge in [0.2, 0.25) is 5.13 Å². The molecular weight excluding hydrogens is 396 g/mol. The zero-order valence-corrected chi connectivity index (χ0v) is 17.3. The summed E-state index contributed by atoms with van der Waals surface area (Å²) in [7, 11) is -2.32. The first kappa shape index (κ1) is 20.0. The molecule has 3 aromatic rings. The summed E-state index contributed by atoms with van der Waals surface area (Å²) >= 11 is 1.30. The van der Waals surface area contributed by atoms with Gasteiger partial charge in [-0.05, 0) is 30.3 Å². The summed E-state index contributed by atoms with van der Waals surface area (Å²) < 4.78 is 27.0. The smallest absolute Gasteiger partial charge is 0.264 e. The number of benzene rings is 2. The summed E-state index contributed by atoms with van der Waals surface area (Å²) in [6.07, 6.45) is 0. The minimum absolute atomic E-state index is 0.0339. The van der Waals surface area contributed by atoms with Gasteiger partial charge in [0.05, 0.1) is 10.6 Å². The number of aromatic nitrogens is 2. The molecule has 1 N–H and O–H groups in total. The second-order valence-electron chi connectivity index (χ2n) is 6.39. The van der Waals surface area contributed by atoms with Crippen molar-refractivity contribution in [3.05, 3.63) is 65.2 Å². The summed E-state index contributed by atoms with van der Waals surface area (Å²) in [6, 6.07) is 14.7. The van der Waals surface area contributed by atoms with Crippen LogP contribution in [0.15, 0.2) is 59.5 Å². The van der Waals surface area contributed by atoms with E-state index in [0.29, 0.717) is 10.8 Å². The van der Waals surface area contributed by atoms with Crippen LogP contribution in [0.3, 0.4) is 0 Å². The first-order valence-electron chi connectivity index (χ1n) is 8.58. The van der Waals surface area contributed by atoms with E-state index >= 15 is 0 Å². The first-order chi connectivity index (χ1) is 13.3. The minimum Gasteiger partial charge on any atom is -0.296 e. The Morgan fingerprint density at radius 2 is 1.79 bits per heavy atom. The van der Waals surface area contributed by atoms with Gasteiger partial charge in [-0.1, -0.05) is 49.4 Å². The van der Waals surface area contributed by atoms with E-state index in [1.807, 2.05) is 19.9 Å². The fraction of sp³-hybridized carbons (Fsp3) is 0.211. The Kier molecular flexibility index (Phi) is 5.76. The van der Waals surface area contributed by atoms with Crippen LogP contribution >= 0.6 is 11.3 Å². The van der Waals surface area contributed by atoms with Crippen LogP contribution in [-0.2, 0) is 10.0 Å². The lowest BCUT2D eigenvalue weighted by Crippen LogP contribution is -2.26. The van der Waals surface area contributed by atoms with Crippen LogP contribution in [0.4, 0.5) is 10.8 Å². The van der Waals surface area contributed by atoms with Gasteiger partial charge >= 0.3 is 0 Å². The molecule has 28 heavy (non-hydrogen) atoms. The second kappa shape index (κ2) is 8.07. The van der Waals surface area contributed by atoms with Crippen molar-refractivity contribution in [3.8, 4) is 0 Å². The molecule has 2 aromatic carbocycles. The van der Waals surface area contributed by atoms with Crippen LogP contribution in [0, 0.1) is 0 Å². The van der Waals surface area contributed by atoms with E-state index in [-0.39, 0.29) is 16.4 Å². The van der Waals surface area contributed by atoms with E-state index in [4.69, 9.17) is 0 Å². The summed E-state index contributed by atoms with van der Waals surface area (Å²) in [4.78, 5) is 12.6. The SMILES string of the molecule is CC(C)c1nnc(NC(=O)c2cccc(S(=O)(=O)N(C)c3ccccc3)c2)s1. The van der Waals surface area contributed by atoms with Crippen LogP contribution in [0.2, 0.25) is 0 Å². The molecule has 0 bridgehead atoms. The van der Waals surface area contributed by atoms with E-state index < -0.39 is 15.9 Å². The molecule has 0 aliphatic rings. The van der Waals surface area contributed by atoms with Crippen molar-refractivity contribution in [3.63, 3.8) is 0 Å². The average Bonchev–Trinajstić information content (AvgIpc) is 3.17. The third-order valence-electron chi connectivity index (χ3n) is 4.03. The van der Waals surface area contributed by atoms with Gasteiger partial charge in [-0.3, -0.25) is 14.4 Å². The fourth-order valence-corrected chi connectivity index (χ4v) is 4.40. The predicted octanol–water partition coefficient (Wildman–Crippen LogP) is 3.74. The number of carbonyl (C=O) groups is 1. The molecule has 1 amide bonds. The van der Waals surface area contributed by atoms with E-state index in [1.165, 1.54) is 34.8 Å². The number of nitrogens with one attached hydrogen (secondary N) is 1. The molecule has 0 aliphatic heterocycles. The second-order valence-corrected chi connectivity index (χ2v) is 9.37. The summed E-state index contributed by atoms with van der Waals surface area (Å²) in [5.74, 6) is -0.226. The Morgan fingerprint density at radius 3 is 2.43 bits per heavy atom. The zero-order valence-electron chi connectivity index (χ0n) is 15.7. The van der Waals surface area contributed by atoms with Crippen LogP contribution in [0.25, 0.3) is 0 Å².